The summed E-state index contributed by atoms with van der Waals surface area (Å²) in [5, 5.41) is 5.57. The van der Waals surface area contributed by atoms with Crippen LogP contribution in [-0.4, -0.2) is 27.5 Å². The second-order valence-electron chi connectivity index (χ2n) is 4.97. The Morgan fingerprint density at radius 1 is 1.19 bits per heavy atom. The van der Waals surface area contributed by atoms with Gasteiger partial charge in [-0.15, -0.1) is 0 Å². The molecule has 1 aliphatic rings. The second-order valence-corrected chi connectivity index (χ2v) is 4.97. The van der Waals surface area contributed by atoms with E-state index in [1.807, 2.05) is 0 Å². The van der Waals surface area contributed by atoms with E-state index >= 15 is 0 Å². The molecule has 0 unspecified atom stereocenters. The standard InChI is InChI=1S/C15H17N5O/c21-15(19-7-5-11-3-1-2-4-11)20-14-13-12(6-8-18-14)16-9-10-17-13/h3,6,8-10H,1-2,4-5,7H2,(H2,18,19,20,21). The molecule has 1 aliphatic carbocycles. The van der Waals surface area contributed by atoms with Gasteiger partial charge in [-0.05, 0) is 31.7 Å². The molecule has 0 bridgehead atoms. The van der Waals surface area contributed by atoms with Crippen LogP contribution < -0.4 is 10.6 Å². The molecule has 21 heavy (non-hydrogen) atoms. The van der Waals surface area contributed by atoms with Crippen LogP contribution in [0.3, 0.4) is 0 Å². The van der Waals surface area contributed by atoms with Gasteiger partial charge in [0.2, 0.25) is 0 Å². The van der Waals surface area contributed by atoms with E-state index in [0.29, 0.717) is 23.4 Å². The van der Waals surface area contributed by atoms with Crippen molar-refractivity contribution >= 4 is 22.9 Å². The molecule has 2 heterocycles. The number of carbonyl (C=O) groups is 1. The highest BCUT2D eigenvalue weighted by Crippen LogP contribution is 2.19. The second kappa shape index (κ2) is 6.30. The zero-order valence-corrected chi connectivity index (χ0v) is 11.7. The molecule has 2 N–H and O–H groups in total. The summed E-state index contributed by atoms with van der Waals surface area (Å²) < 4.78 is 0. The first-order valence-corrected chi connectivity index (χ1v) is 7.11. The van der Waals surface area contributed by atoms with E-state index in [9.17, 15) is 4.79 Å². The maximum absolute atomic E-state index is 11.9. The van der Waals surface area contributed by atoms with Gasteiger partial charge in [-0.25, -0.2) is 14.8 Å². The van der Waals surface area contributed by atoms with Crippen LogP contribution in [-0.2, 0) is 0 Å². The topological polar surface area (TPSA) is 79.8 Å². The first-order chi connectivity index (χ1) is 10.3. The lowest BCUT2D eigenvalue weighted by molar-refractivity contribution is 0.252. The van der Waals surface area contributed by atoms with Gasteiger partial charge in [0.25, 0.3) is 0 Å². The van der Waals surface area contributed by atoms with Crippen molar-refractivity contribution < 1.29 is 4.79 Å². The quantitative estimate of drug-likeness (QED) is 0.845. The number of nitrogens with one attached hydrogen (secondary N) is 2. The molecule has 0 radical (unpaired) electrons. The van der Waals surface area contributed by atoms with Crippen LogP contribution in [0.15, 0.2) is 36.3 Å². The number of nitrogens with zero attached hydrogens (tertiary/aromatic N) is 3. The molecule has 108 valence electrons. The first-order valence-electron chi connectivity index (χ1n) is 7.11. The fourth-order valence-electron chi connectivity index (χ4n) is 2.44. The number of aromatic nitrogens is 3. The molecule has 2 aromatic heterocycles. The summed E-state index contributed by atoms with van der Waals surface area (Å²) in [6.07, 6.45) is 11.5. The third-order valence-electron chi connectivity index (χ3n) is 3.49. The minimum Gasteiger partial charge on any atom is -0.338 e. The van der Waals surface area contributed by atoms with Crippen molar-refractivity contribution in [2.24, 2.45) is 0 Å². The van der Waals surface area contributed by atoms with Crippen molar-refractivity contribution in [2.45, 2.75) is 25.7 Å². The molecule has 0 aromatic carbocycles. The number of fused-ring (bicyclic) bond motifs is 1. The fourth-order valence-corrected chi connectivity index (χ4v) is 2.44. The molecule has 0 spiro atoms. The Kier molecular flexibility index (Phi) is 4.04. The van der Waals surface area contributed by atoms with E-state index in [1.165, 1.54) is 18.4 Å². The van der Waals surface area contributed by atoms with E-state index in [4.69, 9.17) is 0 Å². The Labute approximate surface area is 122 Å². The molecule has 6 nitrogen and oxygen atoms in total. The predicted octanol–water partition coefficient (Wildman–Crippen LogP) is 2.65. The number of hydrogen-bond donors (Lipinski definition) is 2. The summed E-state index contributed by atoms with van der Waals surface area (Å²) in [4.78, 5) is 24.4. The van der Waals surface area contributed by atoms with Gasteiger partial charge in [-0.2, -0.15) is 0 Å². The number of urea groups is 1. The third kappa shape index (κ3) is 3.34. The van der Waals surface area contributed by atoms with Gasteiger partial charge in [-0.3, -0.25) is 10.3 Å². The molecule has 3 rings (SSSR count). The molecule has 0 fully saturated rings. The number of rotatable bonds is 4. The highest BCUT2D eigenvalue weighted by atomic mass is 16.2. The number of allylic oxidation sites excluding steroid dienone is 1. The van der Waals surface area contributed by atoms with Crippen LogP contribution in [0.25, 0.3) is 11.0 Å². The van der Waals surface area contributed by atoms with Crippen LogP contribution in [0, 0.1) is 0 Å². The lowest BCUT2D eigenvalue weighted by Crippen LogP contribution is -2.30. The van der Waals surface area contributed by atoms with Crippen molar-refractivity contribution in [3.8, 4) is 0 Å². The molecule has 6 heteroatoms. The summed E-state index contributed by atoms with van der Waals surface area (Å²) in [5.41, 5.74) is 2.73. The van der Waals surface area contributed by atoms with Gasteiger partial charge in [-0.1, -0.05) is 11.6 Å². The SMILES string of the molecule is O=C(NCCC1=CCCC1)Nc1nccc2nccnc12. The largest absolute Gasteiger partial charge is 0.338 e. The summed E-state index contributed by atoms with van der Waals surface area (Å²) in [6.45, 7) is 0.633. The van der Waals surface area contributed by atoms with Gasteiger partial charge in [0.15, 0.2) is 5.82 Å². The highest BCUT2D eigenvalue weighted by molar-refractivity contribution is 5.96. The predicted molar refractivity (Wildman–Crippen MR) is 80.9 cm³/mol. The summed E-state index contributed by atoms with van der Waals surface area (Å²) >= 11 is 0. The molecular formula is C15H17N5O. The Balaban J connectivity index is 1.58. The number of carbonyl (C=O) groups excluding carboxylic acids is 1. The van der Waals surface area contributed by atoms with Gasteiger partial charge >= 0.3 is 6.03 Å². The van der Waals surface area contributed by atoms with Gasteiger partial charge in [0, 0.05) is 25.1 Å². The van der Waals surface area contributed by atoms with Gasteiger partial charge in [0.1, 0.15) is 5.52 Å². The van der Waals surface area contributed by atoms with Crippen LogP contribution in [0.1, 0.15) is 25.7 Å². The zero-order valence-electron chi connectivity index (χ0n) is 11.7. The highest BCUT2D eigenvalue weighted by Gasteiger charge is 2.09. The van der Waals surface area contributed by atoms with Crippen molar-refractivity contribution in [1.82, 2.24) is 20.3 Å². The van der Waals surface area contributed by atoms with E-state index in [1.54, 1.807) is 24.7 Å². The van der Waals surface area contributed by atoms with E-state index in [0.717, 1.165) is 12.8 Å². The van der Waals surface area contributed by atoms with Crippen LogP contribution in [0.5, 0.6) is 0 Å². The molecule has 0 saturated heterocycles. The zero-order chi connectivity index (χ0) is 14.5. The lowest BCUT2D eigenvalue weighted by atomic mass is 10.2. The lowest BCUT2D eigenvalue weighted by Gasteiger charge is -2.08. The molecule has 2 amide bonds. The molecule has 2 aromatic rings. The molecular weight excluding hydrogens is 266 g/mol. The summed E-state index contributed by atoms with van der Waals surface area (Å²) in [7, 11) is 0. The van der Waals surface area contributed by atoms with Gasteiger partial charge in [0.05, 0.1) is 5.52 Å². The van der Waals surface area contributed by atoms with Crippen LogP contribution in [0.4, 0.5) is 10.6 Å². The normalized spacial score (nSPS) is 14.0. The Hall–Kier alpha value is -2.50. The fraction of sp³-hybridized carbons (Fsp3) is 0.333. The summed E-state index contributed by atoms with van der Waals surface area (Å²) in [6, 6.07) is 1.50. The van der Waals surface area contributed by atoms with Crippen molar-refractivity contribution in [3.63, 3.8) is 0 Å². The number of hydrogen-bond acceptors (Lipinski definition) is 4. The number of pyridine rings is 1. The Morgan fingerprint density at radius 3 is 2.95 bits per heavy atom. The smallest absolute Gasteiger partial charge is 0.320 e. The minimum absolute atomic E-state index is 0.265. The van der Waals surface area contributed by atoms with Crippen molar-refractivity contribution in [3.05, 3.63) is 36.3 Å². The third-order valence-corrected chi connectivity index (χ3v) is 3.49. The number of amides is 2. The Bertz CT molecular complexity index is 677. The molecule has 0 saturated carbocycles. The van der Waals surface area contributed by atoms with E-state index < -0.39 is 0 Å². The van der Waals surface area contributed by atoms with E-state index in [2.05, 4.69) is 31.7 Å². The summed E-state index contributed by atoms with van der Waals surface area (Å²) in [5.74, 6) is 0.429. The first kappa shape index (κ1) is 13.5. The Morgan fingerprint density at radius 2 is 2.10 bits per heavy atom. The van der Waals surface area contributed by atoms with Crippen molar-refractivity contribution in [2.75, 3.05) is 11.9 Å². The molecule has 0 atom stereocenters. The molecule has 0 aliphatic heterocycles. The van der Waals surface area contributed by atoms with Crippen LogP contribution >= 0.6 is 0 Å². The average Bonchev–Trinajstić information content (AvgIpc) is 3.01. The van der Waals surface area contributed by atoms with Crippen molar-refractivity contribution in [1.29, 1.82) is 0 Å². The van der Waals surface area contributed by atoms with E-state index in [-0.39, 0.29) is 6.03 Å². The average molecular weight is 283 g/mol. The number of anilines is 1. The maximum Gasteiger partial charge on any atom is 0.320 e. The van der Waals surface area contributed by atoms with Crippen LogP contribution in [0.2, 0.25) is 0 Å². The minimum atomic E-state index is -0.265. The maximum atomic E-state index is 11.9. The van der Waals surface area contributed by atoms with Gasteiger partial charge < -0.3 is 5.32 Å². The monoisotopic (exact) mass is 283 g/mol.